The molecule has 0 radical (unpaired) electrons. The standard InChI is InChI=1S/C16H25N3S2/c1-4-12(10-21-3)19(2)16-13(15(17)20)9-11-7-5-6-8-14(11)18-16/h9,12H,4-8,10H2,1-3H3,(H2,17,20). The maximum atomic E-state index is 5.96. The molecule has 1 atom stereocenters. The zero-order valence-corrected chi connectivity index (χ0v) is 14.8. The van der Waals surface area contributed by atoms with E-state index >= 15 is 0 Å². The highest BCUT2D eigenvalue weighted by Gasteiger charge is 2.22. The minimum atomic E-state index is 0.455. The first-order valence-electron chi connectivity index (χ1n) is 7.62. The summed E-state index contributed by atoms with van der Waals surface area (Å²) in [5, 5.41) is 0. The number of rotatable bonds is 6. The van der Waals surface area contributed by atoms with Gasteiger partial charge in [0.2, 0.25) is 0 Å². The number of thioether (sulfide) groups is 1. The summed E-state index contributed by atoms with van der Waals surface area (Å²) in [7, 11) is 2.11. The van der Waals surface area contributed by atoms with Crippen LogP contribution in [0.4, 0.5) is 5.82 Å². The van der Waals surface area contributed by atoms with Gasteiger partial charge >= 0.3 is 0 Å². The number of hydrogen-bond donors (Lipinski definition) is 1. The van der Waals surface area contributed by atoms with Crippen molar-refractivity contribution in [3.05, 3.63) is 22.9 Å². The number of hydrogen-bond acceptors (Lipinski definition) is 4. The van der Waals surface area contributed by atoms with Gasteiger partial charge in [-0.3, -0.25) is 0 Å². The van der Waals surface area contributed by atoms with Gasteiger partial charge in [0.15, 0.2) is 0 Å². The fourth-order valence-corrected chi connectivity index (χ4v) is 3.94. The number of pyridine rings is 1. The highest BCUT2D eigenvalue weighted by molar-refractivity contribution is 7.98. The maximum Gasteiger partial charge on any atom is 0.139 e. The summed E-state index contributed by atoms with van der Waals surface area (Å²) in [6.07, 6.45) is 7.89. The molecule has 0 saturated heterocycles. The summed E-state index contributed by atoms with van der Waals surface area (Å²) in [6, 6.07) is 2.64. The smallest absolute Gasteiger partial charge is 0.139 e. The highest BCUT2D eigenvalue weighted by atomic mass is 32.2. The van der Waals surface area contributed by atoms with Crippen molar-refractivity contribution in [2.45, 2.75) is 45.1 Å². The van der Waals surface area contributed by atoms with Crippen molar-refractivity contribution >= 4 is 34.8 Å². The topological polar surface area (TPSA) is 42.2 Å². The molecular formula is C16H25N3S2. The molecule has 1 aliphatic rings. The van der Waals surface area contributed by atoms with Crippen LogP contribution in [0.3, 0.4) is 0 Å². The Bertz CT molecular complexity index is 516. The number of nitrogens with zero attached hydrogens (tertiary/aromatic N) is 2. The molecule has 0 fully saturated rings. The van der Waals surface area contributed by atoms with Gasteiger partial charge in [-0.1, -0.05) is 19.1 Å². The summed E-state index contributed by atoms with van der Waals surface area (Å²) in [6.45, 7) is 2.22. The molecule has 0 aliphatic heterocycles. The number of anilines is 1. The van der Waals surface area contributed by atoms with Gasteiger partial charge in [-0.2, -0.15) is 11.8 Å². The summed E-state index contributed by atoms with van der Waals surface area (Å²) in [5.41, 5.74) is 9.47. The molecular weight excluding hydrogens is 298 g/mol. The minimum Gasteiger partial charge on any atom is -0.389 e. The third kappa shape index (κ3) is 3.69. The quantitative estimate of drug-likeness (QED) is 0.815. The van der Waals surface area contributed by atoms with Crippen molar-refractivity contribution in [2.75, 3.05) is 24.0 Å². The van der Waals surface area contributed by atoms with Crippen LogP contribution in [-0.2, 0) is 12.8 Å². The Morgan fingerprint density at radius 1 is 1.48 bits per heavy atom. The normalized spacial score (nSPS) is 15.4. The van der Waals surface area contributed by atoms with Crippen molar-refractivity contribution in [1.82, 2.24) is 4.98 Å². The van der Waals surface area contributed by atoms with Gasteiger partial charge in [0.25, 0.3) is 0 Å². The van der Waals surface area contributed by atoms with Crippen LogP contribution >= 0.6 is 24.0 Å². The van der Waals surface area contributed by atoms with Crippen LogP contribution in [0.1, 0.15) is 43.0 Å². The second-order valence-corrected chi connectivity index (χ2v) is 7.02. The second kappa shape index (κ2) is 7.45. The van der Waals surface area contributed by atoms with E-state index in [9.17, 15) is 0 Å². The van der Waals surface area contributed by atoms with Gasteiger partial charge in [-0.15, -0.1) is 0 Å². The third-order valence-corrected chi connectivity index (χ3v) is 5.20. The lowest BCUT2D eigenvalue weighted by atomic mass is 9.94. The van der Waals surface area contributed by atoms with Crippen LogP contribution in [0.5, 0.6) is 0 Å². The molecule has 1 aromatic heterocycles. The van der Waals surface area contributed by atoms with E-state index in [1.54, 1.807) is 0 Å². The van der Waals surface area contributed by atoms with Crippen molar-refractivity contribution < 1.29 is 0 Å². The number of aryl methyl sites for hydroxylation is 2. The van der Waals surface area contributed by atoms with E-state index < -0.39 is 0 Å². The van der Waals surface area contributed by atoms with Crippen molar-refractivity contribution in [3.8, 4) is 0 Å². The average Bonchev–Trinajstić information content (AvgIpc) is 2.50. The van der Waals surface area contributed by atoms with E-state index in [1.807, 2.05) is 11.8 Å². The summed E-state index contributed by atoms with van der Waals surface area (Å²) in [5.74, 6) is 2.05. The summed E-state index contributed by atoms with van der Waals surface area (Å²) in [4.78, 5) is 7.65. The molecule has 1 heterocycles. The molecule has 1 aliphatic carbocycles. The monoisotopic (exact) mass is 323 g/mol. The molecule has 0 aromatic carbocycles. The summed E-state index contributed by atoms with van der Waals surface area (Å²) >= 11 is 7.13. The predicted octanol–water partition coefficient (Wildman–Crippen LogP) is 3.17. The lowest BCUT2D eigenvalue weighted by Crippen LogP contribution is -2.36. The van der Waals surface area contributed by atoms with E-state index in [4.69, 9.17) is 22.9 Å². The van der Waals surface area contributed by atoms with Crippen LogP contribution in [0, 0.1) is 0 Å². The molecule has 3 nitrogen and oxygen atoms in total. The average molecular weight is 324 g/mol. The van der Waals surface area contributed by atoms with Crippen molar-refractivity contribution in [1.29, 1.82) is 0 Å². The van der Waals surface area contributed by atoms with E-state index in [0.29, 0.717) is 11.0 Å². The van der Waals surface area contributed by atoms with Gasteiger partial charge in [-0.25, -0.2) is 4.98 Å². The second-order valence-electron chi connectivity index (χ2n) is 5.67. The van der Waals surface area contributed by atoms with Gasteiger partial charge in [-0.05, 0) is 50.0 Å². The SMILES string of the molecule is CCC(CSC)N(C)c1nc2c(cc1C(N)=S)CCCC2. The van der Waals surface area contributed by atoms with Gasteiger partial charge in [0.1, 0.15) is 10.8 Å². The lowest BCUT2D eigenvalue weighted by Gasteiger charge is -2.31. The molecule has 0 bridgehead atoms. The molecule has 0 saturated carbocycles. The Morgan fingerprint density at radius 2 is 2.19 bits per heavy atom. The molecule has 0 amide bonds. The Kier molecular flexibility index (Phi) is 5.88. The fraction of sp³-hybridized carbons (Fsp3) is 0.625. The van der Waals surface area contributed by atoms with Gasteiger partial charge in [0.05, 0.1) is 5.56 Å². The van der Waals surface area contributed by atoms with E-state index in [-0.39, 0.29) is 0 Å². The maximum absolute atomic E-state index is 5.96. The van der Waals surface area contributed by atoms with E-state index in [0.717, 1.165) is 36.4 Å². The first kappa shape index (κ1) is 16.6. The number of thiocarbonyl (C=S) groups is 1. The molecule has 5 heteroatoms. The van der Waals surface area contributed by atoms with E-state index in [1.165, 1.54) is 24.1 Å². The molecule has 1 unspecified atom stereocenters. The Hall–Kier alpha value is -0.810. The third-order valence-electron chi connectivity index (χ3n) is 4.26. The van der Waals surface area contributed by atoms with Crippen LogP contribution in [0.15, 0.2) is 6.07 Å². The van der Waals surface area contributed by atoms with Crippen molar-refractivity contribution in [2.24, 2.45) is 5.73 Å². The Labute approximate surface area is 137 Å². The summed E-state index contributed by atoms with van der Waals surface area (Å²) < 4.78 is 0. The zero-order valence-electron chi connectivity index (χ0n) is 13.2. The predicted molar refractivity (Wildman–Crippen MR) is 97.6 cm³/mol. The van der Waals surface area contributed by atoms with Gasteiger partial charge < -0.3 is 10.6 Å². The zero-order chi connectivity index (χ0) is 15.4. The number of nitrogens with two attached hydrogens (primary N) is 1. The number of fused-ring (bicyclic) bond motifs is 1. The van der Waals surface area contributed by atoms with E-state index in [2.05, 4.69) is 31.2 Å². The van der Waals surface area contributed by atoms with Crippen LogP contribution in [-0.4, -0.2) is 35.1 Å². The Balaban J connectivity index is 2.42. The largest absolute Gasteiger partial charge is 0.389 e. The fourth-order valence-electron chi connectivity index (χ4n) is 2.94. The Morgan fingerprint density at radius 3 is 2.81 bits per heavy atom. The molecule has 2 N–H and O–H groups in total. The van der Waals surface area contributed by atoms with Crippen LogP contribution in [0.2, 0.25) is 0 Å². The highest BCUT2D eigenvalue weighted by Crippen LogP contribution is 2.28. The molecule has 0 spiro atoms. The van der Waals surface area contributed by atoms with Crippen molar-refractivity contribution in [3.63, 3.8) is 0 Å². The minimum absolute atomic E-state index is 0.455. The first-order valence-corrected chi connectivity index (χ1v) is 9.43. The lowest BCUT2D eigenvalue weighted by molar-refractivity contribution is 0.645. The van der Waals surface area contributed by atoms with Crippen LogP contribution in [0.25, 0.3) is 0 Å². The van der Waals surface area contributed by atoms with Gasteiger partial charge in [0, 0.05) is 24.5 Å². The molecule has 1 aromatic rings. The van der Waals surface area contributed by atoms with Crippen LogP contribution < -0.4 is 10.6 Å². The number of aromatic nitrogens is 1. The molecule has 2 rings (SSSR count). The molecule has 21 heavy (non-hydrogen) atoms. The molecule has 116 valence electrons. The first-order chi connectivity index (χ1) is 10.1.